The van der Waals surface area contributed by atoms with Crippen molar-refractivity contribution in [1.29, 1.82) is 10.5 Å². The van der Waals surface area contributed by atoms with Crippen LogP contribution in [0, 0.1) is 34.3 Å². The Morgan fingerprint density at radius 3 is 2.13 bits per heavy atom. The molecule has 0 spiro atoms. The van der Waals surface area contributed by atoms with Gasteiger partial charge in [0.15, 0.2) is 0 Å². The average molecular weight is 206 g/mol. The van der Waals surface area contributed by atoms with E-state index >= 15 is 0 Å². The van der Waals surface area contributed by atoms with Gasteiger partial charge in [0.25, 0.3) is 0 Å². The molecular weight excluding hydrogens is 202 g/mol. The van der Waals surface area contributed by atoms with Gasteiger partial charge in [0.1, 0.15) is 23.8 Å². The van der Waals surface area contributed by atoms with Gasteiger partial charge in [-0.2, -0.15) is 15.6 Å². The fourth-order valence-electron chi connectivity index (χ4n) is 0.814. The quantitative estimate of drug-likeness (QED) is 0.592. The van der Waals surface area contributed by atoms with E-state index in [4.69, 9.17) is 10.5 Å². The van der Waals surface area contributed by atoms with Crippen LogP contribution in [0.25, 0.3) is 0 Å². The molecule has 0 saturated carbocycles. The first kappa shape index (κ1) is 10.6. The predicted octanol–water partition coefficient (Wildman–Crippen LogP) is 1.78. The lowest BCUT2D eigenvalue weighted by atomic mass is 10.3. The fourth-order valence-corrected chi connectivity index (χ4v) is 0.814. The Morgan fingerprint density at radius 1 is 1.13 bits per heavy atom. The van der Waals surface area contributed by atoms with Crippen molar-refractivity contribution in [2.75, 3.05) is 5.43 Å². The van der Waals surface area contributed by atoms with Crippen LogP contribution in [0.1, 0.15) is 0 Å². The summed E-state index contributed by atoms with van der Waals surface area (Å²) in [6, 6.07) is 5.65. The van der Waals surface area contributed by atoms with E-state index in [1.165, 1.54) is 12.1 Å². The van der Waals surface area contributed by atoms with Crippen molar-refractivity contribution >= 4 is 11.4 Å². The SMILES string of the molecule is N#CC(C#N)=NNc1cc(F)cc(F)c1. The van der Waals surface area contributed by atoms with Gasteiger partial charge in [-0.1, -0.05) is 0 Å². The van der Waals surface area contributed by atoms with Crippen molar-refractivity contribution in [3.05, 3.63) is 29.8 Å². The lowest BCUT2D eigenvalue weighted by molar-refractivity contribution is 0.584. The molecule has 0 saturated heterocycles. The molecule has 0 amide bonds. The summed E-state index contributed by atoms with van der Waals surface area (Å²) in [5.74, 6) is -1.55. The van der Waals surface area contributed by atoms with Crippen LogP contribution in [0.4, 0.5) is 14.5 Å². The lowest BCUT2D eigenvalue weighted by Crippen LogP contribution is -1.97. The van der Waals surface area contributed by atoms with Gasteiger partial charge in [0, 0.05) is 6.07 Å². The molecule has 0 unspecified atom stereocenters. The molecule has 1 rings (SSSR count). The Kier molecular flexibility index (Phi) is 3.31. The smallest absolute Gasteiger partial charge is 0.237 e. The monoisotopic (exact) mass is 206 g/mol. The average Bonchev–Trinajstić information content (AvgIpc) is 2.18. The van der Waals surface area contributed by atoms with E-state index in [0.29, 0.717) is 6.07 Å². The van der Waals surface area contributed by atoms with E-state index in [-0.39, 0.29) is 5.69 Å². The van der Waals surface area contributed by atoms with Gasteiger partial charge in [-0.05, 0) is 12.1 Å². The van der Waals surface area contributed by atoms with Gasteiger partial charge in [0.05, 0.1) is 5.69 Å². The molecule has 0 fully saturated rings. The number of nitrogens with one attached hydrogen (secondary N) is 1. The van der Waals surface area contributed by atoms with Gasteiger partial charge >= 0.3 is 0 Å². The van der Waals surface area contributed by atoms with E-state index in [0.717, 1.165) is 12.1 Å². The molecular formula is C9H4F2N4. The van der Waals surface area contributed by atoms with Gasteiger partial charge in [-0.25, -0.2) is 8.78 Å². The third kappa shape index (κ3) is 3.05. The lowest BCUT2D eigenvalue weighted by Gasteiger charge is -1.99. The standard InChI is InChI=1S/C9H4F2N4/c10-6-1-7(11)3-8(2-6)14-15-9(4-12)5-13/h1-3,14H. The van der Waals surface area contributed by atoms with Crippen LogP contribution >= 0.6 is 0 Å². The van der Waals surface area contributed by atoms with E-state index in [1.54, 1.807) is 0 Å². The molecule has 1 aromatic carbocycles. The summed E-state index contributed by atoms with van der Waals surface area (Å²) in [4.78, 5) is 0. The molecule has 0 bridgehead atoms. The maximum Gasteiger partial charge on any atom is 0.237 e. The van der Waals surface area contributed by atoms with Crippen molar-refractivity contribution in [2.45, 2.75) is 0 Å². The summed E-state index contributed by atoms with van der Waals surface area (Å²) in [6.07, 6.45) is 0. The number of anilines is 1. The number of nitrogens with zero attached hydrogens (tertiary/aromatic N) is 3. The topological polar surface area (TPSA) is 72.0 Å². The van der Waals surface area contributed by atoms with Crippen LogP contribution < -0.4 is 5.43 Å². The van der Waals surface area contributed by atoms with Crippen LogP contribution in [0.15, 0.2) is 23.3 Å². The first-order valence-electron chi connectivity index (χ1n) is 3.75. The maximum absolute atomic E-state index is 12.7. The second-order valence-corrected chi connectivity index (χ2v) is 2.45. The molecule has 4 nitrogen and oxygen atoms in total. The van der Waals surface area contributed by atoms with Crippen LogP contribution in [-0.2, 0) is 0 Å². The molecule has 0 aliphatic heterocycles. The number of hydrazone groups is 1. The first-order chi connectivity index (χ1) is 7.15. The molecule has 15 heavy (non-hydrogen) atoms. The Bertz CT molecular complexity index is 446. The normalized spacial score (nSPS) is 8.53. The van der Waals surface area contributed by atoms with Gasteiger partial charge < -0.3 is 0 Å². The highest BCUT2D eigenvalue weighted by Crippen LogP contribution is 2.12. The Morgan fingerprint density at radius 2 is 1.67 bits per heavy atom. The minimum atomic E-state index is -0.775. The summed E-state index contributed by atoms with van der Waals surface area (Å²) in [7, 11) is 0. The Balaban J connectivity index is 2.88. The molecule has 74 valence electrons. The summed E-state index contributed by atoms with van der Waals surface area (Å²) >= 11 is 0. The Labute approximate surface area is 84.1 Å². The van der Waals surface area contributed by atoms with Crippen LogP contribution in [0.3, 0.4) is 0 Å². The zero-order valence-electron chi connectivity index (χ0n) is 7.33. The zero-order chi connectivity index (χ0) is 11.3. The van der Waals surface area contributed by atoms with Gasteiger partial charge in [-0.3, -0.25) is 5.43 Å². The second kappa shape index (κ2) is 4.68. The third-order valence-electron chi connectivity index (χ3n) is 1.37. The molecule has 0 radical (unpaired) electrons. The summed E-state index contributed by atoms with van der Waals surface area (Å²) in [5, 5.41) is 20.0. The molecule has 0 heterocycles. The molecule has 1 N–H and O–H groups in total. The minimum Gasteiger partial charge on any atom is -0.276 e. The van der Waals surface area contributed by atoms with E-state index in [1.807, 2.05) is 0 Å². The van der Waals surface area contributed by atoms with Crippen molar-refractivity contribution in [1.82, 2.24) is 0 Å². The van der Waals surface area contributed by atoms with Crippen molar-refractivity contribution in [2.24, 2.45) is 5.10 Å². The molecule has 0 atom stereocenters. The third-order valence-corrected chi connectivity index (χ3v) is 1.37. The van der Waals surface area contributed by atoms with Crippen LogP contribution in [-0.4, -0.2) is 5.71 Å². The van der Waals surface area contributed by atoms with Gasteiger partial charge in [0.2, 0.25) is 5.71 Å². The van der Waals surface area contributed by atoms with E-state index in [2.05, 4.69) is 10.5 Å². The largest absolute Gasteiger partial charge is 0.276 e. The molecule has 6 heteroatoms. The van der Waals surface area contributed by atoms with E-state index in [9.17, 15) is 8.78 Å². The highest BCUT2D eigenvalue weighted by Gasteiger charge is 2.00. The van der Waals surface area contributed by atoms with Crippen LogP contribution in [0.5, 0.6) is 0 Å². The highest BCUT2D eigenvalue weighted by molar-refractivity contribution is 6.10. The number of hydrogen-bond donors (Lipinski definition) is 1. The first-order valence-corrected chi connectivity index (χ1v) is 3.75. The molecule has 0 aliphatic rings. The number of hydrogen-bond acceptors (Lipinski definition) is 4. The highest BCUT2D eigenvalue weighted by atomic mass is 19.1. The number of nitriles is 2. The fraction of sp³-hybridized carbons (Fsp3) is 0. The minimum absolute atomic E-state index is 0.0236. The molecule has 1 aromatic rings. The molecule has 0 aliphatic carbocycles. The van der Waals surface area contributed by atoms with Crippen LogP contribution in [0.2, 0.25) is 0 Å². The summed E-state index contributed by atoms with van der Waals surface area (Å²) < 4.78 is 25.3. The maximum atomic E-state index is 12.7. The number of rotatable bonds is 2. The second-order valence-electron chi connectivity index (χ2n) is 2.45. The zero-order valence-corrected chi connectivity index (χ0v) is 7.33. The van der Waals surface area contributed by atoms with Crippen molar-refractivity contribution in [3.8, 4) is 12.1 Å². The molecule has 0 aromatic heterocycles. The predicted molar refractivity (Wildman–Crippen MR) is 48.6 cm³/mol. The number of benzene rings is 1. The summed E-state index contributed by atoms with van der Waals surface area (Å²) in [6.45, 7) is 0. The van der Waals surface area contributed by atoms with E-state index < -0.39 is 17.3 Å². The van der Waals surface area contributed by atoms with Crippen molar-refractivity contribution in [3.63, 3.8) is 0 Å². The van der Waals surface area contributed by atoms with Gasteiger partial charge in [-0.15, -0.1) is 0 Å². The number of halogens is 2. The Hall–Kier alpha value is -2.47. The summed E-state index contributed by atoms with van der Waals surface area (Å²) in [5.41, 5.74) is 1.78. The van der Waals surface area contributed by atoms with Crippen molar-refractivity contribution < 1.29 is 8.78 Å².